The van der Waals surface area contributed by atoms with Gasteiger partial charge >= 0.3 is 0 Å². The molecule has 150 valence electrons. The van der Waals surface area contributed by atoms with E-state index in [-0.39, 0.29) is 5.56 Å². The van der Waals surface area contributed by atoms with E-state index in [0.29, 0.717) is 5.92 Å². The second-order valence-electron chi connectivity index (χ2n) is 8.61. The highest BCUT2D eigenvalue weighted by atomic mass is 16.1. The smallest absolute Gasteiger partial charge is 0.255 e. The van der Waals surface area contributed by atoms with Gasteiger partial charge in [0.1, 0.15) is 0 Å². The van der Waals surface area contributed by atoms with Gasteiger partial charge in [-0.05, 0) is 49.6 Å². The number of piperidine rings is 1. The normalized spacial score (nSPS) is 19.4. The maximum absolute atomic E-state index is 12.6. The highest BCUT2D eigenvalue weighted by Gasteiger charge is 2.24. The van der Waals surface area contributed by atoms with E-state index in [0.717, 1.165) is 68.7 Å². The van der Waals surface area contributed by atoms with Crippen molar-refractivity contribution < 1.29 is 0 Å². The summed E-state index contributed by atoms with van der Waals surface area (Å²) in [6.45, 7) is 9.35. The summed E-state index contributed by atoms with van der Waals surface area (Å²) < 4.78 is 0. The fraction of sp³-hybridized carbons (Fsp3) is 0.565. The SMILES string of the molecule is CC1CCN(c2nc3c(c(=O)[nH]2)CCN(CC[C@H](C)c2ccccc2)C3)CC1. The van der Waals surface area contributed by atoms with Crippen LogP contribution in [-0.2, 0) is 13.0 Å². The van der Waals surface area contributed by atoms with Gasteiger partial charge in [0, 0.05) is 31.7 Å². The van der Waals surface area contributed by atoms with Crippen LogP contribution in [0.2, 0.25) is 0 Å². The van der Waals surface area contributed by atoms with Crippen LogP contribution in [0.3, 0.4) is 0 Å². The van der Waals surface area contributed by atoms with Gasteiger partial charge in [-0.15, -0.1) is 0 Å². The molecule has 0 amide bonds. The Morgan fingerprint density at radius 3 is 2.68 bits per heavy atom. The number of hydrogen-bond donors (Lipinski definition) is 1. The minimum absolute atomic E-state index is 0.0657. The second kappa shape index (κ2) is 8.48. The largest absolute Gasteiger partial charge is 0.342 e. The third kappa shape index (κ3) is 4.30. The third-order valence-corrected chi connectivity index (χ3v) is 6.47. The van der Waals surface area contributed by atoms with Gasteiger partial charge in [0.25, 0.3) is 5.56 Å². The fourth-order valence-corrected chi connectivity index (χ4v) is 4.37. The molecule has 1 fully saturated rings. The van der Waals surface area contributed by atoms with Crippen LogP contribution in [0.4, 0.5) is 5.95 Å². The Labute approximate surface area is 167 Å². The minimum atomic E-state index is 0.0657. The van der Waals surface area contributed by atoms with Crippen LogP contribution in [0.15, 0.2) is 35.1 Å². The molecule has 1 saturated heterocycles. The molecule has 3 heterocycles. The lowest BCUT2D eigenvalue weighted by molar-refractivity contribution is 0.241. The van der Waals surface area contributed by atoms with Gasteiger partial charge in [-0.2, -0.15) is 0 Å². The first-order valence-corrected chi connectivity index (χ1v) is 10.7. The second-order valence-corrected chi connectivity index (χ2v) is 8.61. The number of nitrogens with zero attached hydrogens (tertiary/aromatic N) is 3. The van der Waals surface area contributed by atoms with Gasteiger partial charge in [-0.3, -0.25) is 14.7 Å². The average molecular weight is 381 g/mol. The van der Waals surface area contributed by atoms with Crippen molar-refractivity contribution in [3.63, 3.8) is 0 Å². The molecule has 0 saturated carbocycles. The van der Waals surface area contributed by atoms with E-state index in [1.807, 2.05) is 0 Å². The Bertz CT molecular complexity index is 839. The Balaban J connectivity index is 1.42. The molecule has 0 spiro atoms. The number of aromatic amines is 1. The zero-order valence-electron chi connectivity index (χ0n) is 17.2. The molecule has 5 nitrogen and oxygen atoms in total. The van der Waals surface area contributed by atoms with Crippen molar-refractivity contribution in [1.82, 2.24) is 14.9 Å². The zero-order valence-corrected chi connectivity index (χ0v) is 17.2. The van der Waals surface area contributed by atoms with Gasteiger partial charge in [-0.1, -0.05) is 44.2 Å². The lowest BCUT2D eigenvalue weighted by Crippen LogP contribution is -2.39. The maximum atomic E-state index is 12.6. The number of benzene rings is 1. The van der Waals surface area contributed by atoms with E-state index in [4.69, 9.17) is 4.98 Å². The van der Waals surface area contributed by atoms with Crippen molar-refractivity contribution in [3.05, 3.63) is 57.5 Å². The summed E-state index contributed by atoms with van der Waals surface area (Å²) in [5, 5.41) is 0. The van der Waals surface area contributed by atoms with E-state index >= 15 is 0 Å². The van der Waals surface area contributed by atoms with E-state index < -0.39 is 0 Å². The van der Waals surface area contributed by atoms with Gasteiger partial charge in [0.15, 0.2) is 0 Å². The minimum Gasteiger partial charge on any atom is -0.342 e. The van der Waals surface area contributed by atoms with Crippen molar-refractivity contribution in [3.8, 4) is 0 Å². The summed E-state index contributed by atoms with van der Waals surface area (Å²) in [4.78, 5) is 25.2. The van der Waals surface area contributed by atoms with Crippen LogP contribution in [0.5, 0.6) is 0 Å². The molecule has 1 aromatic heterocycles. The summed E-state index contributed by atoms with van der Waals surface area (Å²) in [7, 11) is 0. The Kier molecular flexibility index (Phi) is 5.81. The molecule has 2 aromatic rings. The lowest BCUT2D eigenvalue weighted by Gasteiger charge is -2.32. The van der Waals surface area contributed by atoms with E-state index in [1.54, 1.807) is 0 Å². The predicted molar refractivity (Wildman–Crippen MR) is 114 cm³/mol. The molecule has 4 rings (SSSR count). The molecular weight excluding hydrogens is 348 g/mol. The molecule has 5 heteroatoms. The fourth-order valence-electron chi connectivity index (χ4n) is 4.37. The molecule has 2 aliphatic heterocycles. The number of H-pyrrole nitrogens is 1. The topological polar surface area (TPSA) is 52.2 Å². The molecule has 1 N–H and O–H groups in total. The quantitative estimate of drug-likeness (QED) is 0.862. The summed E-state index contributed by atoms with van der Waals surface area (Å²) in [6.07, 6.45) is 4.27. The molecule has 0 aliphatic carbocycles. The summed E-state index contributed by atoms with van der Waals surface area (Å²) in [5.41, 5.74) is 3.34. The third-order valence-electron chi connectivity index (χ3n) is 6.47. The molecule has 0 bridgehead atoms. The van der Waals surface area contributed by atoms with Crippen LogP contribution < -0.4 is 10.5 Å². The van der Waals surface area contributed by atoms with E-state index in [2.05, 4.69) is 59.0 Å². The highest BCUT2D eigenvalue weighted by Crippen LogP contribution is 2.23. The molecule has 0 radical (unpaired) electrons. The number of rotatable bonds is 5. The lowest BCUT2D eigenvalue weighted by atomic mass is 9.97. The number of hydrogen-bond acceptors (Lipinski definition) is 4. The Hall–Kier alpha value is -2.14. The molecule has 1 atom stereocenters. The van der Waals surface area contributed by atoms with Crippen LogP contribution in [-0.4, -0.2) is 41.0 Å². The van der Waals surface area contributed by atoms with Crippen LogP contribution in [0.25, 0.3) is 0 Å². The predicted octanol–water partition coefficient (Wildman–Crippen LogP) is 3.56. The standard InChI is InChI=1S/C23H32N4O/c1-17-8-14-27(15-9-17)23-24-21-16-26(13-11-20(21)22(28)25-23)12-10-18(2)19-6-4-3-5-7-19/h3-7,17-18H,8-16H2,1-2H3,(H,24,25,28)/t18-/m0/s1. The number of nitrogens with one attached hydrogen (secondary N) is 1. The van der Waals surface area contributed by atoms with Gasteiger partial charge < -0.3 is 4.90 Å². The summed E-state index contributed by atoms with van der Waals surface area (Å²) in [6, 6.07) is 10.7. The molecular formula is C23H32N4O. The van der Waals surface area contributed by atoms with E-state index in [9.17, 15) is 4.79 Å². The van der Waals surface area contributed by atoms with Crippen LogP contribution in [0.1, 0.15) is 55.8 Å². The van der Waals surface area contributed by atoms with Gasteiger partial charge in [0.05, 0.1) is 5.69 Å². The highest BCUT2D eigenvalue weighted by molar-refractivity contribution is 5.34. The van der Waals surface area contributed by atoms with Crippen LogP contribution in [0, 0.1) is 5.92 Å². The zero-order chi connectivity index (χ0) is 19.5. The van der Waals surface area contributed by atoms with Crippen molar-refractivity contribution >= 4 is 5.95 Å². The first-order valence-electron chi connectivity index (χ1n) is 10.7. The molecule has 0 unspecified atom stereocenters. The number of fused-ring (bicyclic) bond motifs is 1. The van der Waals surface area contributed by atoms with Crippen molar-refractivity contribution in [2.24, 2.45) is 5.92 Å². The Morgan fingerprint density at radius 2 is 1.93 bits per heavy atom. The van der Waals surface area contributed by atoms with Crippen molar-refractivity contribution in [2.75, 3.05) is 31.1 Å². The first-order chi connectivity index (χ1) is 13.6. The first kappa shape index (κ1) is 19.2. The molecule has 28 heavy (non-hydrogen) atoms. The van der Waals surface area contributed by atoms with E-state index in [1.165, 1.54) is 18.4 Å². The number of aromatic nitrogens is 2. The summed E-state index contributed by atoms with van der Waals surface area (Å²) >= 11 is 0. The summed E-state index contributed by atoms with van der Waals surface area (Å²) in [5.74, 6) is 2.08. The maximum Gasteiger partial charge on any atom is 0.255 e. The number of anilines is 1. The molecule has 2 aliphatic rings. The van der Waals surface area contributed by atoms with Crippen molar-refractivity contribution in [2.45, 2.75) is 52.0 Å². The molecule has 1 aromatic carbocycles. The van der Waals surface area contributed by atoms with Gasteiger partial charge in [0.2, 0.25) is 5.95 Å². The average Bonchev–Trinajstić information content (AvgIpc) is 2.73. The van der Waals surface area contributed by atoms with Crippen molar-refractivity contribution in [1.29, 1.82) is 0 Å². The monoisotopic (exact) mass is 380 g/mol. The Morgan fingerprint density at radius 1 is 1.18 bits per heavy atom. The van der Waals surface area contributed by atoms with Gasteiger partial charge in [-0.25, -0.2) is 4.98 Å². The van der Waals surface area contributed by atoms with Crippen LogP contribution >= 0.6 is 0 Å².